The molecule has 10 aromatic rings. The quantitative estimate of drug-likeness (QED) is 0.153. The fourth-order valence-corrected chi connectivity index (χ4v) is 10.8. The lowest BCUT2D eigenvalue weighted by Gasteiger charge is -2.30. The number of benzene rings is 8. The molecule has 0 atom stereocenters. The molecule has 0 N–H and O–H groups in total. The molecule has 8 aromatic carbocycles. The van der Waals surface area contributed by atoms with E-state index < -0.39 is 5.41 Å². The third-order valence-electron chi connectivity index (χ3n) is 13.9. The van der Waals surface area contributed by atoms with Gasteiger partial charge in [-0.1, -0.05) is 210 Å². The Balaban J connectivity index is 1.04. The smallest absolute Gasteiger partial charge is 0.175 e. The molecule has 0 aliphatic heterocycles. The highest BCUT2D eigenvalue weighted by atomic mass is 16.4. The van der Waals surface area contributed by atoms with E-state index in [0.717, 1.165) is 84.6 Å². The second kappa shape index (κ2) is 14.9. The molecule has 0 spiro atoms. The molecular formula is C62H47NO2. The van der Waals surface area contributed by atoms with Crippen LogP contribution >= 0.6 is 0 Å². The van der Waals surface area contributed by atoms with E-state index in [1.165, 1.54) is 33.4 Å². The van der Waals surface area contributed by atoms with Crippen molar-refractivity contribution in [2.24, 2.45) is 0 Å². The molecule has 2 heterocycles. The van der Waals surface area contributed by atoms with Gasteiger partial charge in [0.25, 0.3) is 0 Å². The van der Waals surface area contributed by atoms with Gasteiger partial charge in [-0.3, -0.25) is 0 Å². The van der Waals surface area contributed by atoms with E-state index >= 15 is 0 Å². The van der Waals surface area contributed by atoms with Gasteiger partial charge >= 0.3 is 0 Å². The molecule has 0 amide bonds. The normalized spacial score (nSPS) is 13.8. The summed E-state index contributed by atoms with van der Waals surface area (Å²) in [6, 6.07) is 76.1. The highest BCUT2D eigenvalue weighted by Crippen LogP contribution is 2.62. The van der Waals surface area contributed by atoms with Crippen molar-refractivity contribution in [3.63, 3.8) is 0 Å². The average Bonchev–Trinajstić information content (AvgIpc) is 4.07. The lowest BCUT2D eigenvalue weighted by atomic mass is 9.76. The highest BCUT2D eigenvalue weighted by Gasteiger charge is 2.48. The van der Waals surface area contributed by atoms with E-state index in [4.69, 9.17) is 8.83 Å². The van der Waals surface area contributed by atoms with E-state index in [1.54, 1.807) is 0 Å². The Bertz CT molecular complexity index is 3390. The van der Waals surface area contributed by atoms with Crippen LogP contribution in [0.1, 0.15) is 49.9 Å². The van der Waals surface area contributed by atoms with Gasteiger partial charge in [0, 0.05) is 61.1 Å². The number of nitrogens with zero attached hydrogens (tertiary/aromatic N) is 1. The summed E-state index contributed by atoms with van der Waals surface area (Å²) in [6.07, 6.45) is 0. The Labute approximate surface area is 380 Å². The van der Waals surface area contributed by atoms with Gasteiger partial charge < -0.3 is 13.7 Å². The number of furan rings is 2. The van der Waals surface area contributed by atoms with Crippen LogP contribution in [-0.4, -0.2) is 0 Å². The summed E-state index contributed by atoms with van der Waals surface area (Å²) in [6.45, 7) is 9.36. The Kier molecular flexibility index (Phi) is 8.86. The maximum absolute atomic E-state index is 7.17. The van der Waals surface area contributed by atoms with Gasteiger partial charge in [0.2, 0.25) is 0 Å². The molecular weight excluding hydrogens is 791 g/mol. The van der Waals surface area contributed by atoms with Crippen molar-refractivity contribution in [1.29, 1.82) is 0 Å². The predicted molar refractivity (Wildman–Crippen MR) is 268 cm³/mol. The molecule has 65 heavy (non-hydrogen) atoms. The summed E-state index contributed by atoms with van der Waals surface area (Å²) >= 11 is 0. The molecule has 0 radical (unpaired) electrons. The zero-order valence-electron chi connectivity index (χ0n) is 37.0. The van der Waals surface area contributed by atoms with Crippen LogP contribution in [0.5, 0.6) is 0 Å². The summed E-state index contributed by atoms with van der Waals surface area (Å²) in [5, 5.41) is 0. The number of anilines is 3. The van der Waals surface area contributed by atoms with E-state index in [2.05, 4.69) is 239 Å². The molecule has 0 bridgehead atoms. The summed E-state index contributed by atoms with van der Waals surface area (Å²) in [4.78, 5) is 2.43. The molecule has 0 saturated carbocycles. The second-order valence-electron chi connectivity index (χ2n) is 18.4. The maximum Gasteiger partial charge on any atom is 0.175 e. The van der Waals surface area contributed by atoms with Crippen LogP contribution in [0.2, 0.25) is 0 Å². The van der Waals surface area contributed by atoms with Gasteiger partial charge in [0.1, 0.15) is 11.5 Å². The summed E-state index contributed by atoms with van der Waals surface area (Å²) in [7, 11) is 0. The molecule has 0 saturated heterocycles. The molecule has 312 valence electrons. The fraction of sp³-hybridized carbons (Fsp3) is 0.0968. The summed E-state index contributed by atoms with van der Waals surface area (Å²) < 4.78 is 14.2. The minimum atomic E-state index is -0.466. The van der Waals surface area contributed by atoms with Crippen LogP contribution in [0.25, 0.3) is 78.7 Å². The standard InChI is InChI=1S/C62H47NO2/c1-61(2)50-31-19-17-30-48(50)49-38-37-46(39-51(49)61)63(52-32-20-18-29-47(52)40-21-9-5-10-22-40)45-35-33-42(34-36-45)54-56-60(65-58(54)44-27-15-8-16-28-44)59-55(62(56,3)4)53(41-23-11-6-12-24-41)57(64-59)43-25-13-7-14-26-43/h5-39H,1-4H3. The Morgan fingerprint density at radius 2 is 0.754 bits per heavy atom. The second-order valence-corrected chi connectivity index (χ2v) is 18.4. The van der Waals surface area contributed by atoms with Crippen molar-refractivity contribution < 1.29 is 8.83 Å². The Morgan fingerprint density at radius 3 is 1.32 bits per heavy atom. The highest BCUT2D eigenvalue weighted by molar-refractivity contribution is 5.98. The van der Waals surface area contributed by atoms with Crippen molar-refractivity contribution in [2.75, 3.05) is 4.90 Å². The monoisotopic (exact) mass is 837 g/mol. The number of hydrogen-bond acceptors (Lipinski definition) is 3. The van der Waals surface area contributed by atoms with E-state index in [9.17, 15) is 0 Å². The van der Waals surface area contributed by atoms with Gasteiger partial charge in [0.15, 0.2) is 11.5 Å². The number of hydrogen-bond donors (Lipinski definition) is 0. The largest absolute Gasteiger partial charge is 0.452 e. The number of para-hydroxylation sites is 1. The number of rotatable bonds is 8. The molecule has 2 aromatic heterocycles. The first-order valence-corrected chi connectivity index (χ1v) is 22.6. The van der Waals surface area contributed by atoms with Crippen molar-refractivity contribution in [3.8, 4) is 78.7 Å². The van der Waals surface area contributed by atoms with Crippen molar-refractivity contribution >= 4 is 17.1 Å². The third-order valence-corrected chi connectivity index (χ3v) is 13.9. The van der Waals surface area contributed by atoms with Gasteiger partial charge in [0.05, 0.1) is 5.69 Å². The Morgan fingerprint density at radius 1 is 0.323 bits per heavy atom. The first-order valence-electron chi connectivity index (χ1n) is 22.6. The molecule has 3 heteroatoms. The minimum absolute atomic E-state index is 0.145. The lowest BCUT2D eigenvalue weighted by Crippen LogP contribution is -2.17. The van der Waals surface area contributed by atoms with Gasteiger partial charge in [-0.2, -0.15) is 0 Å². The zero-order chi connectivity index (χ0) is 43.9. The SMILES string of the molecule is CC1(C)c2ccccc2-c2ccc(N(c3ccc(-c4c(-c5ccccc5)oc5c4C(C)(C)c4c-5oc(-c5ccccc5)c4-c4ccccc4)cc3)c3ccccc3-c3ccccc3)cc21. The van der Waals surface area contributed by atoms with Crippen molar-refractivity contribution in [3.05, 3.63) is 235 Å². The van der Waals surface area contributed by atoms with Crippen LogP contribution in [0, 0.1) is 0 Å². The summed E-state index contributed by atoms with van der Waals surface area (Å²) in [5.41, 5.74) is 19.1. The van der Waals surface area contributed by atoms with Crippen molar-refractivity contribution in [2.45, 2.75) is 38.5 Å². The lowest BCUT2D eigenvalue weighted by molar-refractivity contribution is 0.540. The predicted octanol–water partition coefficient (Wildman–Crippen LogP) is 17.3. The van der Waals surface area contributed by atoms with E-state index in [1.807, 2.05) is 6.07 Å². The first-order chi connectivity index (χ1) is 31.8. The summed E-state index contributed by atoms with van der Waals surface area (Å²) in [5.74, 6) is 3.29. The third kappa shape index (κ3) is 6.03. The van der Waals surface area contributed by atoms with E-state index in [0.29, 0.717) is 0 Å². The minimum Gasteiger partial charge on any atom is -0.452 e. The molecule has 2 aliphatic carbocycles. The van der Waals surface area contributed by atoms with Crippen LogP contribution in [0.4, 0.5) is 17.1 Å². The zero-order valence-corrected chi connectivity index (χ0v) is 37.0. The molecule has 3 nitrogen and oxygen atoms in total. The average molecular weight is 838 g/mol. The van der Waals surface area contributed by atoms with Gasteiger partial charge in [-0.15, -0.1) is 0 Å². The van der Waals surface area contributed by atoms with Gasteiger partial charge in [-0.05, 0) is 69.3 Å². The van der Waals surface area contributed by atoms with Crippen LogP contribution in [0.3, 0.4) is 0 Å². The number of fused-ring (bicyclic) bond motifs is 6. The van der Waals surface area contributed by atoms with Crippen LogP contribution in [0.15, 0.2) is 221 Å². The van der Waals surface area contributed by atoms with Crippen LogP contribution < -0.4 is 4.90 Å². The topological polar surface area (TPSA) is 29.5 Å². The molecule has 0 unspecified atom stereocenters. The molecule has 2 aliphatic rings. The molecule has 12 rings (SSSR count). The Hall–Kier alpha value is -7.88. The van der Waals surface area contributed by atoms with Crippen LogP contribution in [-0.2, 0) is 10.8 Å². The first kappa shape index (κ1) is 38.8. The maximum atomic E-state index is 7.17. The van der Waals surface area contributed by atoms with E-state index in [-0.39, 0.29) is 5.41 Å². The van der Waals surface area contributed by atoms with Crippen molar-refractivity contribution in [1.82, 2.24) is 0 Å². The fourth-order valence-electron chi connectivity index (χ4n) is 10.8. The van der Waals surface area contributed by atoms with Gasteiger partial charge in [-0.25, -0.2) is 0 Å². The molecule has 0 fully saturated rings.